The summed E-state index contributed by atoms with van der Waals surface area (Å²) in [6, 6.07) is 1.78. The van der Waals surface area contributed by atoms with Crippen LogP contribution in [0.3, 0.4) is 0 Å². The SMILES string of the molecule is CC(C)(CO)NC(=O)[C@H]1CCCN(c2ncccn2)C1. The van der Waals surface area contributed by atoms with E-state index in [2.05, 4.69) is 15.3 Å². The highest BCUT2D eigenvalue weighted by molar-refractivity contribution is 5.80. The van der Waals surface area contributed by atoms with Gasteiger partial charge in [0.1, 0.15) is 0 Å². The van der Waals surface area contributed by atoms with Gasteiger partial charge in [-0.15, -0.1) is 0 Å². The molecule has 110 valence electrons. The van der Waals surface area contributed by atoms with E-state index in [-0.39, 0.29) is 18.4 Å². The smallest absolute Gasteiger partial charge is 0.225 e. The van der Waals surface area contributed by atoms with Gasteiger partial charge in [0.15, 0.2) is 0 Å². The highest BCUT2D eigenvalue weighted by Crippen LogP contribution is 2.20. The predicted molar refractivity (Wildman–Crippen MR) is 76.3 cm³/mol. The second-order valence-electron chi connectivity index (χ2n) is 5.87. The van der Waals surface area contributed by atoms with Gasteiger partial charge < -0.3 is 15.3 Å². The summed E-state index contributed by atoms with van der Waals surface area (Å²) in [5.74, 6) is 0.578. The first-order valence-electron chi connectivity index (χ1n) is 6.97. The van der Waals surface area contributed by atoms with Crippen molar-refractivity contribution >= 4 is 11.9 Å². The van der Waals surface area contributed by atoms with Crippen molar-refractivity contribution in [1.82, 2.24) is 15.3 Å². The largest absolute Gasteiger partial charge is 0.394 e. The summed E-state index contributed by atoms with van der Waals surface area (Å²) >= 11 is 0. The van der Waals surface area contributed by atoms with Crippen LogP contribution in [0.4, 0.5) is 5.95 Å². The van der Waals surface area contributed by atoms with Crippen molar-refractivity contribution in [1.29, 1.82) is 0 Å². The summed E-state index contributed by atoms with van der Waals surface area (Å²) in [5.41, 5.74) is -0.581. The monoisotopic (exact) mass is 278 g/mol. The number of aromatic nitrogens is 2. The van der Waals surface area contributed by atoms with Gasteiger partial charge >= 0.3 is 0 Å². The maximum Gasteiger partial charge on any atom is 0.225 e. The lowest BCUT2D eigenvalue weighted by Gasteiger charge is -2.34. The van der Waals surface area contributed by atoms with E-state index in [4.69, 9.17) is 0 Å². The van der Waals surface area contributed by atoms with Crippen LogP contribution < -0.4 is 10.2 Å². The standard InChI is InChI=1S/C14H22N4O2/c1-14(2,10-19)17-12(20)11-5-3-8-18(9-11)13-15-6-4-7-16-13/h4,6-7,11,19H,3,5,8-10H2,1-2H3,(H,17,20)/t11-/m0/s1. The second kappa shape index (κ2) is 6.17. The van der Waals surface area contributed by atoms with Crippen molar-refractivity contribution in [2.45, 2.75) is 32.2 Å². The molecule has 1 amide bonds. The number of rotatable bonds is 4. The molecule has 0 aromatic carbocycles. The van der Waals surface area contributed by atoms with Crippen molar-refractivity contribution < 1.29 is 9.90 Å². The molecule has 1 aromatic rings. The molecule has 0 unspecified atom stereocenters. The first-order chi connectivity index (χ1) is 9.52. The fourth-order valence-corrected chi connectivity index (χ4v) is 2.30. The van der Waals surface area contributed by atoms with E-state index in [0.29, 0.717) is 12.5 Å². The summed E-state index contributed by atoms with van der Waals surface area (Å²) in [7, 11) is 0. The van der Waals surface area contributed by atoms with E-state index < -0.39 is 5.54 Å². The maximum atomic E-state index is 12.3. The van der Waals surface area contributed by atoms with E-state index in [1.165, 1.54) is 0 Å². The number of hydrogen-bond acceptors (Lipinski definition) is 5. The van der Waals surface area contributed by atoms with Crippen molar-refractivity contribution in [3.63, 3.8) is 0 Å². The van der Waals surface area contributed by atoms with Crippen LogP contribution in [0, 0.1) is 5.92 Å². The Balaban J connectivity index is 1.98. The number of amides is 1. The average Bonchev–Trinajstić information content (AvgIpc) is 2.48. The van der Waals surface area contributed by atoms with Crippen LogP contribution in [-0.2, 0) is 4.79 Å². The Bertz CT molecular complexity index is 450. The van der Waals surface area contributed by atoms with Crippen LogP contribution in [0.5, 0.6) is 0 Å². The Labute approximate surface area is 119 Å². The van der Waals surface area contributed by atoms with Gasteiger partial charge in [0.25, 0.3) is 0 Å². The summed E-state index contributed by atoms with van der Waals surface area (Å²) in [6.07, 6.45) is 5.22. The molecule has 1 saturated heterocycles. The minimum atomic E-state index is -0.581. The van der Waals surface area contributed by atoms with Gasteiger partial charge in [-0.3, -0.25) is 4.79 Å². The van der Waals surface area contributed by atoms with Gasteiger partial charge in [0.2, 0.25) is 11.9 Å². The van der Waals surface area contributed by atoms with Crippen LogP contribution in [0.2, 0.25) is 0 Å². The molecule has 1 aliphatic rings. The van der Waals surface area contributed by atoms with Crippen LogP contribution >= 0.6 is 0 Å². The molecule has 0 aliphatic carbocycles. The molecule has 6 heteroatoms. The van der Waals surface area contributed by atoms with E-state index in [9.17, 15) is 9.90 Å². The molecular formula is C14H22N4O2. The zero-order valence-electron chi connectivity index (χ0n) is 12.0. The number of aliphatic hydroxyl groups excluding tert-OH is 1. The normalized spacial score (nSPS) is 19.8. The molecule has 0 spiro atoms. The van der Waals surface area contributed by atoms with Crippen LogP contribution in [0.25, 0.3) is 0 Å². The number of carbonyl (C=O) groups excluding carboxylic acids is 1. The van der Waals surface area contributed by atoms with Gasteiger partial charge in [-0.2, -0.15) is 0 Å². The lowest BCUT2D eigenvalue weighted by molar-refractivity contribution is -0.127. The first-order valence-corrected chi connectivity index (χ1v) is 6.97. The molecule has 2 heterocycles. The fraction of sp³-hybridized carbons (Fsp3) is 0.643. The first kappa shape index (κ1) is 14.7. The summed E-state index contributed by atoms with van der Waals surface area (Å²) in [6.45, 7) is 5.04. The second-order valence-corrected chi connectivity index (χ2v) is 5.87. The van der Waals surface area contributed by atoms with Gasteiger partial charge in [0, 0.05) is 25.5 Å². The van der Waals surface area contributed by atoms with Gasteiger partial charge in [-0.1, -0.05) is 0 Å². The number of nitrogens with one attached hydrogen (secondary N) is 1. The molecule has 2 N–H and O–H groups in total. The number of nitrogens with zero attached hydrogens (tertiary/aromatic N) is 3. The van der Waals surface area contributed by atoms with Crippen molar-refractivity contribution in [3.05, 3.63) is 18.5 Å². The lowest BCUT2D eigenvalue weighted by Crippen LogP contribution is -2.51. The number of anilines is 1. The molecule has 1 atom stereocenters. The highest BCUT2D eigenvalue weighted by atomic mass is 16.3. The lowest BCUT2D eigenvalue weighted by atomic mass is 9.95. The molecule has 0 saturated carbocycles. The Morgan fingerprint density at radius 2 is 2.20 bits per heavy atom. The summed E-state index contributed by atoms with van der Waals surface area (Å²) < 4.78 is 0. The van der Waals surface area contributed by atoms with Gasteiger partial charge in [0.05, 0.1) is 18.1 Å². The topological polar surface area (TPSA) is 78.4 Å². The van der Waals surface area contributed by atoms with Gasteiger partial charge in [-0.05, 0) is 32.8 Å². The third kappa shape index (κ3) is 3.66. The molecular weight excluding hydrogens is 256 g/mol. The minimum absolute atomic E-state index is 0.00955. The zero-order valence-corrected chi connectivity index (χ0v) is 12.0. The molecule has 20 heavy (non-hydrogen) atoms. The third-order valence-corrected chi connectivity index (χ3v) is 3.48. The fourth-order valence-electron chi connectivity index (χ4n) is 2.30. The number of hydrogen-bond donors (Lipinski definition) is 2. The number of aliphatic hydroxyl groups is 1. The van der Waals surface area contributed by atoms with Crippen LogP contribution in [0.1, 0.15) is 26.7 Å². The predicted octanol–water partition coefficient (Wildman–Crippen LogP) is 0.580. The Morgan fingerprint density at radius 1 is 1.50 bits per heavy atom. The van der Waals surface area contributed by atoms with Crippen LogP contribution in [-0.4, -0.2) is 46.2 Å². The maximum absolute atomic E-state index is 12.3. The minimum Gasteiger partial charge on any atom is -0.394 e. The highest BCUT2D eigenvalue weighted by Gasteiger charge is 2.30. The number of carbonyl (C=O) groups is 1. The summed E-state index contributed by atoms with van der Waals surface area (Å²) in [5, 5.41) is 12.1. The van der Waals surface area contributed by atoms with Crippen molar-refractivity contribution in [2.24, 2.45) is 5.92 Å². The molecule has 0 radical (unpaired) electrons. The van der Waals surface area contributed by atoms with E-state index in [0.717, 1.165) is 19.4 Å². The third-order valence-electron chi connectivity index (χ3n) is 3.48. The summed E-state index contributed by atoms with van der Waals surface area (Å²) in [4.78, 5) is 22.8. The Kier molecular flexibility index (Phi) is 4.54. The van der Waals surface area contributed by atoms with E-state index >= 15 is 0 Å². The molecule has 1 fully saturated rings. The quantitative estimate of drug-likeness (QED) is 0.842. The molecule has 6 nitrogen and oxygen atoms in total. The molecule has 0 bridgehead atoms. The Hall–Kier alpha value is -1.69. The van der Waals surface area contributed by atoms with E-state index in [1.54, 1.807) is 18.5 Å². The van der Waals surface area contributed by atoms with Crippen LogP contribution in [0.15, 0.2) is 18.5 Å². The van der Waals surface area contributed by atoms with Crippen molar-refractivity contribution in [2.75, 3.05) is 24.6 Å². The Morgan fingerprint density at radius 3 is 2.85 bits per heavy atom. The van der Waals surface area contributed by atoms with Crippen molar-refractivity contribution in [3.8, 4) is 0 Å². The zero-order chi connectivity index (χ0) is 14.6. The van der Waals surface area contributed by atoms with E-state index in [1.807, 2.05) is 18.7 Å². The average molecular weight is 278 g/mol. The molecule has 1 aliphatic heterocycles. The van der Waals surface area contributed by atoms with Gasteiger partial charge in [-0.25, -0.2) is 9.97 Å². The molecule has 2 rings (SSSR count). The number of piperidine rings is 1. The molecule has 1 aromatic heterocycles.